The van der Waals surface area contributed by atoms with Crippen LogP contribution in [0.25, 0.3) is 0 Å². The van der Waals surface area contributed by atoms with Crippen LogP contribution in [0.2, 0.25) is 0 Å². The van der Waals surface area contributed by atoms with Crippen LogP contribution in [0.15, 0.2) is 0 Å². The highest BCUT2D eigenvalue weighted by atomic mass is 19.3. The van der Waals surface area contributed by atoms with E-state index in [9.17, 15) is 27.2 Å². The quantitative estimate of drug-likeness (QED) is 0.569. The van der Waals surface area contributed by atoms with Crippen molar-refractivity contribution in [2.24, 2.45) is 0 Å². The summed E-state index contributed by atoms with van der Waals surface area (Å²) < 4.78 is 52.4. The van der Waals surface area contributed by atoms with Crippen molar-refractivity contribution in [1.82, 2.24) is 9.80 Å². The largest absolute Gasteiger partial charge is 0.395 e. The summed E-state index contributed by atoms with van der Waals surface area (Å²) in [5, 5.41) is 0. The van der Waals surface area contributed by atoms with Gasteiger partial charge in [0.15, 0.2) is 0 Å². The molecule has 1 aliphatic heterocycles. The monoisotopic (exact) mass is 242 g/mol. The van der Waals surface area contributed by atoms with Gasteiger partial charge in [0, 0.05) is 27.2 Å². The number of rotatable bonds is 0. The van der Waals surface area contributed by atoms with Crippen molar-refractivity contribution in [2.45, 2.75) is 11.8 Å². The molecule has 1 aliphatic rings. The van der Waals surface area contributed by atoms with Gasteiger partial charge in [0.25, 0.3) is 11.8 Å². The molecule has 0 radical (unpaired) electrons. The fourth-order valence-electron chi connectivity index (χ4n) is 1.25. The Labute approximate surface area is 88.8 Å². The van der Waals surface area contributed by atoms with Gasteiger partial charge in [0.1, 0.15) is 0 Å². The van der Waals surface area contributed by atoms with E-state index in [4.69, 9.17) is 0 Å². The number of nitrogens with zero attached hydrogens (tertiary/aromatic N) is 2. The number of carbonyl (C=O) groups is 2. The van der Waals surface area contributed by atoms with Crippen LogP contribution in [-0.4, -0.2) is 60.6 Å². The Balaban J connectivity index is 3.21. The second-order valence-corrected chi connectivity index (χ2v) is 3.60. The number of amides is 2. The summed E-state index contributed by atoms with van der Waals surface area (Å²) in [6.07, 6.45) is 0. The maximum absolute atomic E-state index is 13.1. The Morgan fingerprint density at radius 3 is 1.38 bits per heavy atom. The van der Waals surface area contributed by atoms with Gasteiger partial charge in [-0.2, -0.15) is 17.6 Å². The summed E-state index contributed by atoms with van der Waals surface area (Å²) in [6, 6.07) is 0. The molecular formula is C8H10F4N2O2. The molecule has 1 rings (SSSR count). The minimum Gasteiger partial charge on any atom is -0.339 e. The van der Waals surface area contributed by atoms with Crippen LogP contribution >= 0.6 is 0 Å². The Morgan fingerprint density at radius 2 is 1.12 bits per heavy atom. The number of hydrogen-bond acceptors (Lipinski definition) is 2. The lowest BCUT2D eigenvalue weighted by Gasteiger charge is -2.34. The van der Waals surface area contributed by atoms with Crippen LogP contribution in [0.3, 0.4) is 0 Å². The van der Waals surface area contributed by atoms with Gasteiger partial charge in [0.05, 0.1) is 0 Å². The van der Waals surface area contributed by atoms with E-state index in [0.717, 1.165) is 14.1 Å². The van der Waals surface area contributed by atoms with Gasteiger partial charge in [-0.3, -0.25) is 9.59 Å². The smallest absolute Gasteiger partial charge is 0.339 e. The average molecular weight is 242 g/mol. The molecule has 0 N–H and O–H groups in total. The highest BCUT2D eigenvalue weighted by Crippen LogP contribution is 2.37. The van der Waals surface area contributed by atoms with Crippen LogP contribution in [-0.2, 0) is 9.59 Å². The summed E-state index contributed by atoms with van der Waals surface area (Å²) in [5.74, 6) is -14.1. The number of alkyl halides is 4. The van der Waals surface area contributed by atoms with Crippen LogP contribution in [0.1, 0.15) is 0 Å². The van der Waals surface area contributed by atoms with Gasteiger partial charge >= 0.3 is 11.8 Å². The zero-order chi connectivity index (χ0) is 12.7. The van der Waals surface area contributed by atoms with Crippen molar-refractivity contribution in [2.75, 3.05) is 27.2 Å². The molecule has 1 heterocycles. The molecule has 0 unspecified atom stereocenters. The molecule has 92 valence electrons. The molecule has 0 aliphatic carbocycles. The number of carbonyl (C=O) groups excluding carboxylic acids is 2. The van der Waals surface area contributed by atoms with Crippen molar-refractivity contribution in [1.29, 1.82) is 0 Å². The first-order chi connectivity index (χ1) is 7.12. The van der Waals surface area contributed by atoms with Gasteiger partial charge in [0.2, 0.25) is 0 Å². The Kier molecular flexibility index (Phi) is 2.86. The van der Waals surface area contributed by atoms with Crippen molar-refractivity contribution in [3.05, 3.63) is 0 Å². The first-order valence-corrected chi connectivity index (χ1v) is 4.39. The van der Waals surface area contributed by atoms with Crippen LogP contribution < -0.4 is 0 Å². The molecule has 0 aromatic heterocycles. The topological polar surface area (TPSA) is 40.6 Å². The van der Waals surface area contributed by atoms with Crippen LogP contribution in [0.4, 0.5) is 17.6 Å². The zero-order valence-corrected chi connectivity index (χ0v) is 8.64. The summed E-state index contributed by atoms with van der Waals surface area (Å²) >= 11 is 0. The van der Waals surface area contributed by atoms with Crippen LogP contribution in [0.5, 0.6) is 0 Å². The third-order valence-electron chi connectivity index (χ3n) is 2.40. The summed E-state index contributed by atoms with van der Waals surface area (Å²) in [6.45, 7) is -0.431. The van der Waals surface area contributed by atoms with E-state index >= 15 is 0 Å². The first-order valence-electron chi connectivity index (χ1n) is 4.39. The number of halogens is 4. The molecule has 0 aromatic carbocycles. The fourth-order valence-corrected chi connectivity index (χ4v) is 1.25. The molecule has 1 saturated heterocycles. The van der Waals surface area contributed by atoms with E-state index in [1.807, 2.05) is 0 Å². The van der Waals surface area contributed by atoms with E-state index in [-0.39, 0.29) is 13.1 Å². The van der Waals surface area contributed by atoms with E-state index in [2.05, 4.69) is 0 Å². The van der Waals surface area contributed by atoms with E-state index in [1.54, 1.807) is 0 Å². The summed E-state index contributed by atoms with van der Waals surface area (Å²) in [5.41, 5.74) is 0. The summed E-state index contributed by atoms with van der Waals surface area (Å²) in [7, 11) is 1.96. The lowest BCUT2D eigenvalue weighted by Crippen LogP contribution is -2.62. The Morgan fingerprint density at radius 1 is 0.875 bits per heavy atom. The molecule has 0 saturated carbocycles. The molecule has 0 bridgehead atoms. The Hall–Kier alpha value is -1.34. The van der Waals surface area contributed by atoms with Gasteiger partial charge < -0.3 is 9.80 Å². The predicted octanol–water partition coefficient (Wildman–Crippen LogP) is 0.187. The molecule has 0 atom stereocenters. The van der Waals surface area contributed by atoms with Gasteiger partial charge in [-0.1, -0.05) is 0 Å². The maximum Gasteiger partial charge on any atom is 0.395 e. The van der Waals surface area contributed by atoms with Gasteiger partial charge in [-0.05, 0) is 0 Å². The maximum atomic E-state index is 13.1. The normalized spacial score (nSPS) is 25.4. The zero-order valence-electron chi connectivity index (χ0n) is 8.64. The molecule has 1 fully saturated rings. The molecule has 4 nitrogen and oxygen atoms in total. The standard InChI is InChI=1S/C8H10F4N2O2/c1-13-3-4-14(2)6(16)8(11,12)7(9,10)5(13)15/h3-4H2,1-2H3. The molecular weight excluding hydrogens is 232 g/mol. The highest BCUT2D eigenvalue weighted by Gasteiger charge is 2.68. The number of hydrogen-bond donors (Lipinski definition) is 0. The first kappa shape index (κ1) is 12.7. The highest BCUT2D eigenvalue weighted by molar-refractivity contribution is 5.95. The minimum atomic E-state index is -5.01. The van der Waals surface area contributed by atoms with Gasteiger partial charge in [-0.15, -0.1) is 0 Å². The lowest BCUT2D eigenvalue weighted by atomic mass is 10.1. The van der Waals surface area contributed by atoms with Crippen molar-refractivity contribution in [3.63, 3.8) is 0 Å². The lowest BCUT2D eigenvalue weighted by molar-refractivity contribution is -0.225. The SMILES string of the molecule is CN1CCN(C)C(=O)C(F)(F)C(F)(F)C1=O. The third-order valence-corrected chi connectivity index (χ3v) is 2.40. The fraction of sp³-hybridized carbons (Fsp3) is 0.750. The van der Waals surface area contributed by atoms with Gasteiger partial charge in [-0.25, -0.2) is 0 Å². The third kappa shape index (κ3) is 1.61. The van der Waals surface area contributed by atoms with Crippen molar-refractivity contribution >= 4 is 11.8 Å². The van der Waals surface area contributed by atoms with E-state index in [0.29, 0.717) is 9.80 Å². The number of likely N-dealkylation sites (N-methyl/N-ethyl adjacent to an activating group) is 2. The summed E-state index contributed by atoms with van der Waals surface area (Å²) in [4.78, 5) is 23.0. The average Bonchev–Trinajstić information content (AvgIpc) is 2.21. The minimum absolute atomic E-state index is 0.216. The second-order valence-electron chi connectivity index (χ2n) is 3.60. The molecule has 8 heteroatoms. The van der Waals surface area contributed by atoms with E-state index in [1.165, 1.54) is 0 Å². The van der Waals surface area contributed by atoms with Crippen molar-refractivity contribution < 1.29 is 27.2 Å². The Bertz CT molecular complexity index is 300. The van der Waals surface area contributed by atoms with E-state index < -0.39 is 23.7 Å². The van der Waals surface area contributed by atoms with Crippen molar-refractivity contribution in [3.8, 4) is 0 Å². The molecule has 0 aromatic rings. The van der Waals surface area contributed by atoms with Crippen LogP contribution in [0, 0.1) is 0 Å². The predicted molar refractivity (Wildman–Crippen MR) is 45.2 cm³/mol. The molecule has 2 amide bonds. The molecule has 16 heavy (non-hydrogen) atoms. The second kappa shape index (κ2) is 3.60. The molecule has 0 spiro atoms.